The van der Waals surface area contributed by atoms with Crippen molar-refractivity contribution in [3.8, 4) is 11.5 Å². The first kappa shape index (κ1) is 29.7. The number of para-hydroxylation sites is 1. The van der Waals surface area contributed by atoms with Crippen LogP contribution in [0.15, 0.2) is 78.9 Å². The van der Waals surface area contributed by atoms with Gasteiger partial charge in [0.05, 0.1) is 11.9 Å². The Morgan fingerprint density at radius 3 is 2.10 bits per heavy atom. The molecule has 3 aromatic carbocycles. The maximum Gasteiger partial charge on any atom is 0.244 e. The maximum absolute atomic E-state index is 13.7. The average Bonchev–Trinajstić information content (AvgIpc) is 2.85. The van der Waals surface area contributed by atoms with Gasteiger partial charge in [-0.05, 0) is 76.6 Å². The molecule has 0 heterocycles. The van der Waals surface area contributed by atoms with Crippen molar-refractivity contribution in [1.29, 1.82) is 0 Å². The Labute approximate surface area is 231 Å². The zero-order valence-corrected chi connectivity index (χ0v) is 24.2. The molecule has 0 unspecified atom stereocenters. The van der Waals surface area contributed by atoms with E-state index in [0.29, 0.717) is 17.2 Å². The van der Waals surface area contributed by atoms with Gasteiger partial charge in [0, 0.05) is 12.1 Å². The SMILES string of the molecule is Cc1cccc(CN(C(=O)CN(c2ccc(Oc3ccccc3)cc2)S(C)(=O)=O)[C@H](C)C(=O)NC(C)(C)C)c1. The van der Waals surface area contributed by atoms with Gasteiger partial charge in [0.25, 0.3) is 0 Å². The van der Waals surface area contributed by atoms with Gasteiger partial charge in [-0.3, -0.25) is 13.9 Å². The van der Waals surface area contributed by atoms with Gasteiger partial charge in [0.15, 0.2) is 0 Å². The summed E-state index contributed by atoms with van der Waals surface area (Å²) >= 11 is 0. The first-order valence-electron chi connectivity index (χ1n) is 12.7. The fourth-order valence-corrected chi connectivity index (χ4v) is 4.83. The van der Waals surface area contributed by atoms with E-state index < -0.39 is 34.1 Å². The van der Waals surface area contributed by atoms with E-state index in [-0.39, 0.29) is 12.5 Å². The number of benzene rings is 3. The second kappa shape index (κ2) is 12.3. The standard InChI is InChI=1S/C30H37N3O5S/c1-22-11-10-12-24(19-22)20-32(23(2)29(35)31-30(3,4)5)28(34)21-33(39(6,36)37)25-15-17-27(18-16-25)38-26-13-8-7-9-14-26/h7-19,23H,20-21H2,1-6H3,(H,31,35)/t23-/m1/s1. The Bertz CT molecular complexity index is 1380. The van der Waals surface area contributed by atoms with Crippen LogP contribution in [0.4, 0.5) is 5.69 Å². The molecule has 9 heteroatoms. The van der Waals surface area contributed by atoms with Gasteiger partial charge in [-0.25, -0.2) is 8.42 Å². The molecule has 0 aliphatic rings. The van der Waals surface area contributed by atoms with E-state index in [0.717, 1.165) is 21.7 Å². The third kappa shape index (κ3) is 8.85. The van der Waals surface area contributed by atoms with Gasteiger partial charge >= 0.3 is 0 Å². The predicted molar refractivity (Wildman–Crippen MR) is 154 cm³/mol. The van der Waals surface area contributed by atoms with Crippen LogP contribution in [0, 0.1) is 6.92 Å². The predicted octanol–water partition coefficient (Wildman–Crippen LogP) is 4.89. The van der Waals surface area contributed by atoms with Crippen molar-refractivity contribution in [1.82, 2.24) is 10.2 Å². The molecule has 0 spiro atoms. The Morgan fingerprint density at radius 1 is 0.923 bits per heavy atom. The third-order valence-electron chi connectivity index (χ3n) is 5.88. The van der Waals surface area contributed by atoms with E-state index in [9.17, 15) is 18.0 Å². The Morgan fingerprint density at radius 2 is 1.54 bits per heavy atom. The molecule has 0 aromatic heterocycles. The molecule has 0 aliphatic carbocycles. The fourth-order valence-electron chi connectivity index (χ4n) is 3.98. The van der Waals surface area contributed by atoms with Crippen LogP contribution in [0.1, 0.15) is 38.8 Å². The zero-order chi connectivity index (χ0) is 28.8. The molecule has 8 nitrogen and oxygen atoms in total. The molecule has 39 heavy (non-hydrogen) atoms. The minimum Gasteiger partial charge on any atom is -0.457 e. The highest BCUT2D eigenvalue weighted by Gasteiger charge is 2.31. The molecule has 3 aromatic rings. The number of hydrogen-bond donors (Lipinski definition) is 1. The van der Waals surface area contributed by atoms with Crippen molar-refractivity contribution in [3.63, 3.8) is 0 Å². The highest BCUT2D eigenvalue weighted by Crippen LogP contribution is 2.26. The van der Waals surface area contributed by atoms with Gasteiger partial charge in [-0.2, -0.15) is 0 Å². The van der Waals surface area contributed by atoms with Gasteiger partial charge in [0.1, 0.15) is 24.1 Å². The smallest absolute Gasteiger partial charge is 0.244 e. The van der Waals surface area contributed by atoms with E-state index in [1.54, 1.807) is 31.2 Å². The Hall–Kier alpha value is -3.85. The number of carbonyl (C=O) groups excluding carboxylic acids is 2. The van der Waals surface area contributed by atoms with Crippen LogP contribution in [-0.4, -0.2) is 49.5 Å². The van der Waals surface area contributed by atoms with E-state index in [2.05, 4.69) is 5.32 Å². The quantitative estimate of drug-likeness (QED) is 0.387. The summed E-state index contributed by atoms with van der Waals surface area (Å²) in [5.74, 6) is 0.355. The van der Waals surface area contributed by atoms with Crippen LogP contribution >= 0.6 is 0 Å². The van der Waals surface area contributed by atoms with Crippen LogP contribution in [0.2, 0.25) is 0 Å². The molecule has 0 saturated carbocycles. The van der Waals surface area contributed by atoms with Crippen LogP contribution < -0.4 is 14.4 Å². The Kier molecular flexibility index (Phi) is 9.40. The second-order valence-electron chi connectivity index (χ2n) is 10.6. The van der Waals surface area contributed by atoms with E-state index in [1.807, 2.05) is 82.3 Å². The Balaban J connectivity index is 1.87. The topological polar surface area (TPSA) is 96.0 Å². The average molecular weight is 552 g/mol. The van der Waals surface area contributed by atoms with Gasteiger partial charge in [-0.1, -0.05) is 48.0 Å². The second-order valence-corrected chi connectivity index (χ2v) is 12.5. The lowest BCUT2D eigenvalue weighted by Crippen LogP contribution is -2.54. The number of aryl methyl sites for hydroxylation is 1. The number of amides is 2. The minimum absolute atomic E-state index is 0.153. The molecular weight excluding hydrogens is 514 g/mol. The molecule has 1 N–H and O–H groups in total. The number of hydrogen-bond acceptors (Lipinski definition) is 5. The number of carbonyl (C=O) groups is 2. The van der Waals surface area contributed by atoms with Crippen LogP contribution in [-0.2, 0) is 26.2 Å². The molecular formula is C30H37N3O5S. The highest BCUT2D eigenvalue weighted by molar-refractivity contribution is 7.92. The van der Waals surface area contributed by atoms with Crippen molar-refractivity contribution in [2.24, 2.45) is 0 Å². The summed E-state index contributed by atoms with van der Waals surface area (Å²) in [4.78, 5) is 28.2. The number of nitrogens with zero attached hydrogens (tertiary/aromatic N) is 2. The molecule has 2 amide bonds. The van der Waals surface area contributed by atoms with Crippen molar-refractivity contribution in [2.75, 3.05) is 17.1 Å². The zero-order valence-electron chi connectivity index (χ0n) is 23.3. The summed E-state index contributed by atoms with van der Waals surface area (Å²) in [5.41, 5.74) is 1.68. The molecule has 0 radical (unpaired) electrons. The first-order chi connectivity index (χ1) is 18.2. The number of rotatable bonds is 10. The molecule has 3 rings (SSSR count). The van der Waals surface area contributed by atoms with E-state index in [4.69, 9.17) is 4.74 Å². The summed E-state index contributed by atoms with van der Waals surface area (Å²) in [6.45, 7) is 8.87. The summed E-state index contributed by atoms with van der Waals surface area (Å²) in [7, 11) is -3.83. The van der Waals surface area contributed by atoms with Crippen LogP contribution in [0.3, 0.4) is 0 Å². The van der Waals surface area contributed by atoms with Crippen molar-refractivity contribution < 1.29 is 22.7 Å². The van der Waals surface area contributed by atoms with Gasteiger partial charge in [0.2, 0.25) is 21.8 Å². The monoisotopic (exact) mass is 551 g/mol. The fraction of sp³-hybridized carbons (Fsp3) is 0.333. The maximum atomic E-state index is 13.7. The number of ether oxygens (including phenoxy) is 1. The van der Waals surface area contributed by atoms with E-state index in [1.165, 1.54) is 4.90 Å². The van der Waals surface area contributed by atoms with Crippen molar-refractivity contribution in [3.05, 3.63) is 90.0 Å². The molecule has 208 valence electrons. The number of sulfonamides is 1. The summed E-state index contributed by atoms with van der Waals surface area (Å²) in [6, 6.07) is 22.5. The lowest BCUT2D eigenvalue weighted by molar-refractivity contribution is -0.140. The molecule has 0 aliphatic heterocycles. The number of anilines is 1. The summed E-state index contributed by atoms with van der Waals surface area (Å²) < 4.78 is 32.5. The molecule has 0 bridgehead atoms. The van der Waals surface area contributed by atoms with Crippen molar-refractivity contribution >= 4 is 27.5 Å². The van der Waals surface area contributed by atoms with E-state index >= 15 is 0 Å². The minimum atomic E-state index is -3.83. The summed E-state index contributed by atoms with van der Waals surface area (Å²) in [5, 5.41) is 2.91. The third-order valence-corrected chi connectivity index (χ3v) is 7.02. The molecule has 0 fully saturated rings. The largest absolute Gasteiger partial charge is 0.457 e. The molecule has 1 atom stereocenters. The highest BCUT2D eigenvalue weighted by atomic mass is 32.2. The molecule has 0 saturated heterocycles. The summed E-state index contributed by atoms with van der Waals surface area (Å²) in [6.07, 6.45) is 1.05. The van der Waals surface area contributed by atoms with Gasteiger partial charge in [-0.15, -0.1) is 0 Å². The normalized spacial score (nSPS) is 12.4. The number of nitrogens with one attached hydrogen (secondary N) is 1. The van der Waals surface area contributed by atoms with Crippen molar-refractivity contribution in [2.45, 2.75) is 52.7 Å². The van der Waals surface area contributed by atoms with Gasteiger partial charge < -0.3 is 15.0 Å². The van der Waals surface area contributed by atoms with Crippen LogP contribution in [0.5, 0.6) is 11.5 Å². The lowest BCUT2D eigenvalue weighted by atomic mass is 10.1. The lowest BCUT2D eigenvalue weighted by Gasteiger charge is -2.33. The first-order valence-corrected chi connectivity index (χ1v) is 14.6. The van der Waals surface area contributed by atoms with Crippen LogP contribution in [0.25, 0.3) is 0 Å².